The monoisotopic (exact) mass is 227 g/mol. The summed E-state index contributed by atoms with van der Waals surface area (Å²) in [5.41, 5.74) is 0. The Morgan fingerprint density at radius 2 is 1.81 bits per heavy atom. The molecule has 0 aromatic carbocycles. The number of ether oxygens (including phenoxy) is 1. The van der Waals surface area contributed by atoms with Crippen LogP contribution in [-0.2, 0) is 9.53 Å². The number of carbonyl (C=O) groups excluding carboxylic acids is 1. The molecule has 3 nitrogen and oxygen atoms in total. The first-order chi connectivity index (χ1) is 7.50. The highest BCUT2D eigenvalue weighted by Crippen LogP contribution is 2.16. The van der Waals surface area contributed by atoms with Crippen LogP contribution in [0.3, 0.4) is 0 Å². The number of amides is 1. The molecule has 0 aromatic heterocycles. The third kappa shape index (κ3) is 4.12. The van der Waals surface area contributed by atoms with Crippen LogP contribution in [0.15, 0.2) is 0 Å². The first-order valence-electron chi connectivity index (χ1n) is 6.41. The van der Waals surface area contributed by atoms with E-state index in [2.05, 4.69) is 13.8 Å². The number of carbonyl (C=O) groups is 1. The molecule has 0 atom stereocenters. The minimum Gasteiger partial charge on any atom is -0.378 e. The zero-order chi connectivity index (χ0) is 12.1. The van der Waals surface area contributed by atoms with Crippen LogP contribution in [0.5, 0.6) is 0 Å². The van der Waals surface area contributed by atoms with Crippen molar-refractivity contribution in [1.29, 1.82) is 0 Å². The smallest absolute Gasteiger partial charge is 0.225 e. The van der Waals surface area contributed by atoms with Gasteiger partial charge < -0.3 is 9.64 Å². The van der Waals surface area contributed by atoms with Gasteiger partial charge in [-0.3, -0.25) is 4.79 Å². The van der Waals surface area contributed by atoms with E-state index in [0.29, 0.717) is 12.0 Å². The molecule has 1 aliphatic heterocycles. The summed E-state index contributed by atoms with van der Waals surface area (Å²) in [6.45, 7) is 10.8. The molecular weight excluding hydrogens is 202 g/mol. The molecule has 16 heavy (non-hydrogen) atoms. The summed E-state index contributed by atoms with van der Waals surface area (Å²) in [5, 5.41) is 0. The molecule has 1 heterocycles. The maximum atomic E-state index is 11.8. The SMILES string of the molecule is CC(C)COC1CCN(C(=O)C(C)C)CC1. The van der Waals surface area contributed by atoms with Crippen molar-refractivity contribution in [2.45, 2.75) is 46.6 Å². The quantitative estimate of drug-likeness (QED) is 0.737. The summed E-state index contributed by atoms with van der Waals surface area (Å²) in [4.78, 5) is 13.7. The average Bonchev–Trinajstić information content (AvgIpc) is 2.26. The Hall–Kier alpha value is -0.570. The zero-order valence-corrected chi connectivity index (χ0v) is 11.0. The molecule has 0 N–H and O–H groups in total. The van der Waals surface area contributed by atoms with Crippen LogP contribution < -0.4 is 0 Å². The Morgan fingerprint density at radius 3 is 2.25 bits per heavy atom. The third-order valence-corrected chi connectivity index (χ3v) is 2.91. The fourth-order valence-corrected chi connectivity index (χ4v) is 1.94. The molecule has 0 aromatic rings. The van der Waals surface area contributed by atoms with Gasteiger partial charge in [0.05, 0.1) is 6.10 Å². The highest BCUT2D eigenvalue weighted by Gasteiger charge is 2.24. The van der Waals surface area contributed by atoms with Crippen LogP contribution in [0.1, 0.15) is 40.5 Å². The van der Waals surface area contributed by atoms with Gasteiger partial charge in [-0.25, -0.2) is 0 Å². The molecule has 1 aliphatic rings. The molecule has 0 bridgehead atoms. The number of likely N-dealkylation sites (tertiary alicyclic amines) is 1. The van der Waals surface area contributed by atoms with Gasteiger partial charge in [0, 0.05) is 25.6 Å². The summed E-state index contributed by atoms with van der Waals surface area (Å²) in [7, 11) is 0. The van der Waals surface area contributed by atoms with Crippen molar-refractivity contribution < 1.29 is 9.53 Å². The Morgan fingerprint density at radius 1 is 1.25 bits per heavy atom. The molecule has 1 saturated heterocycles. The lowest BCUT2D eigenvalue weighted by Gasteiger charge is -2.33. The van der Waals surface area contributed by atoms with Crippen molar-refractivity contribution in [3.8, 4) is 0 Å². The maximum absolute atomic E-state index is 11.8. The van der Waals surface area contributed by atoms with Gasteiger partial charge in [-0.05, 0) is 18.8 Å². The predicted molar refractivity (Wildman–Crippen MR) is 65.2 cm³/mol. The summed E-state index contributed by atoms with van der Waals surface area (Å²) in [6, 6.07) is 0. The van der Waals surface area contributed by atoms with Gasteiger partial charge in [0.15, 0.2) is 0 Å². The number of nitrogens with zero attached hydrogens (tertiary/aromatic N) is 1. The number of hydrogen-bond donors (Lipinski definition) is 0. The fraction of sp³-hybridized carbons (Fsp3) is 0.923. The molecule has 0 spiro atoms. The van der Waals surface area contributed by atoms with Gasteiger partial charge in [0.2, 0.25) is 5.91 Å². The topological polar surface area (TPSA) is 29.5 Å². The van der Waals surface area contributed by atoms with Crippen LogP contribution in [0.2, 0.25) is 0 Å². The van der Waals surface area contributed by atoms with Gasteiger partial charge in [-0.1, -0.05) is 27.7 Å². The van der Waals surface area contributed by atoms with Gasteiger partial charge in [0.1, 0.15) is 0 Å². The molecular formula is C13H25NO2. The summed E-state index contributed by atoms with van der Waals surface area (Å²) in [6.07, 6.45) is 2.34. The van der Waals surface area contributed by atoms with Crippen LogP contribution in [-0.4, -0.2) is 36.6 Å². The van der Waals surface area contributed by atoms with E-state index in [0.717, 1.165) is 32.5 Å². The van der Waals surface area contributed by atoms with Crippen LogP contribution in [0.4, 0.5) is 0 Å². The molecule has 1 fully saturated rings. The highest BCUT2D eigenvalue weighted by atomic mass is 16.5. The molecule has 1 rings (SSSR count). The molecule has 1 amide bonds. The van der Waals surface area contributed by atoms with Gasteiger partial charge in [-0.15, -0.1) is 0 Å². The van der Waals surface area contributed by atoms with Crippen molar-refractivity contribution in [1.82, 2.24) is 4.90 Å². The summed E-state index contributed by atoms with van der Waals surface area (Å²) >= 11 is 0. The molecule has 0 radical (unpaired) electrons. The van der Waals surface area contributed by atoms with Gasteiger partial charge in [0.25, 0.3) is 0 Å². The average molecular weight is 227 g/mol. The van der Waals surface area contributed by atoms with E-state index in [9.17, 15) is 4.79 Å². The van der Waals surface area contributed by atoms with Crippen molar-refractivity contribution in [2.75, 3.05) is 19.7 Å². The second kappa shape index (κ2) is 6.24. The van der Waals surface area contributed by atoms with Crippen molar-refractivity contribution in [2.24, 2.45) is 11.8 Å². The second-order valence-corrected chi connectivity index (χ2v) is 5.41. The van der Waals surface area contributed by atoms with E-state index in [1.807, 2.05) is 18.7 Å². The van der Waals surface area contributed by atoms with E-state index in [4.69, 9.17) is 4.74 Å². The number of piperidine rings is 1. The molecule has 3 heteroatoms. The minimum absolute atomic E-state index is 0.119. The fourth-order valence-electron chi connectivity index (χ4n) is 1.94. The predicted octanol–water partition coefficient (Wildman–Crippen LogP) is 2.31. The first kappa shape index (κ1) is 13.5. The van der Waals surface area contributed by atoms with E-state index >= 15 is 0 Å². The molecule has 0 aliphatic carbocycles. The van der Waals surface area contributed by atoms with Crippen LogP contribution in [0, 0.1) is 11.8 Å². The lowest BCUT2D eigenvalue weighted by molar-refractivity contribution is -0.137. The van der Waals surface area contributed by atoms with E-state index in [1.165, 1.54) is 0 Å². The van der Waals surface area contributed by atoms with Gasteiger partial charge in [-0.2, -0.15) is 0 Å². The third-order valence-electron chi connectivity index (χ3n) is 2.91. The standard InChI is InChI=1S/C13H25NO2/c1-10(2)9-16-12-5-7-14(8-6-12)13(15)11(3)4/h10-12H,5-9H2,1-4H3. The maximum Gasteiger partial charge on any atom is 0.225 e. The molecule has 0 saturated carbocycles. The first-order valence-corrected chi connectivity index (χ1v) is 6.41. The second-order valence-electron chi connectivity index (χ2n) is 5.41. The number of hydrogen-bond acceptors (Lipinski definition) is 2. The zero-order valence-electron chi connectivity index (χ0n) is 11.0. The summed E-state index contributed by atoms with van der Waals surface area (Å²) in [5.74, 6) is 0.991. The summed E-state index contributed by atoms with van der Waals surface area (Å²) < 4.78 is 5.79. The lowest BCUT2D eigenvalue weighted by atomic mass is 10.1. The van der Waals surface area contributed by atoms with Crippen molar-refractivity contribution in [3.05, 3.63) is 0 Å². The van der Waals surface area contributed by atoms with E-state index in [1.54, 1.807) is 0 Å². The normalized spacial score (nSPS) is 18.5. The highest BCUT2D eigenvalue weighted by molar-refractivity contribution is 5.78. The van der Waals surface area contributed by atoms with Crippen LogP contribution in [0.25, 0.3) is 0 Å². The Bertz CT molecular complexity index is 218. The number of rotatable bonds is 4. The van der Waals surface area contributed by atoms with Crippen molar-refractivity contribution in [3.63, 3.8) is 0 Å². The lowest BCUT2D eigenvalue weighted by Crippen LogP contribution is -2.42. The van der Waals surface area contributed by atoms with Crippen LogP contribution >= 0.6 is 0 Å². The Kier molecular flexibility index (Phi) is 5.26. The van der Waals surface area contributed by atoms with Crippen molar-refractivity contribution >= 4 is 5.91 Å². The molecule has 0 unspecified atom stereocenters. The van der Waals surface area contributed by atoms with Gasteiger partial charge >= 0.3 is 0 Å². The van der Waals surface area contributed by atoms with E-state index < -0.39 is 0 Å². The molecule has 94 valence electrons. The van der Waals surface area contributed by atoms with E-state index in [-0.39, 0.29) is 11.8 Å². The Labute approximate surface area is 99.1 Å². The minimum atomic E-state index is 0.119. The largest absolute Gasteiger partial charge is 0.378 e. The Balaban J connectivity index is 2.26.